The van der Waals surface area contributed by atoms with Crippen LogP contribution in [0, 0.1) is 0 Å². The molecule has 10 heteroatoms. The summed E-state index contributed by atoms with van der Waals surface area (Å²) in [5.74, 6) is -0.434. The summed E-state index contributed by atoms with van der Waals surface area (Å²) in [6.07, 6.45) is 1.05. The first kappa shape index (κ1) is 15.5. The standard InChI is InChI=1S/C10H13ClN2O5S2/c1-7-6-19(15,16)3-2-13(7)20(17,18)8-4-9(11)10(14)12-5-8/h4-5,7H,2-3,6H2,1H3,(H,12,14). The minimum Gasteiger partial charge on any atom is -0.326 e. The van der Waals surface area contributed by atoms with E-state index in [1.54, 1.807) is 0 Å². The fourth-order valence-electron chi connectivity index (χ4n) is 2.06. The summed E-state index contributed by atoms with van der Waals surface area (Å²) in [6, 6.07) is 0.399. The van der Waals surface area contributed by atoms with Gasteiger partial charge in [-0.1, -0.05) is 11.6 Å². The summed E-state index contributed by atoms with van der Waals surface area (Å²) in [7, 11) is -7.10. The molecule has 112 valence electrons. The SMILES string of the molecule is CC1CS(=O)(=O)CCN1S(=O)(=O)c1c[nH]c(=O)c(Cl)c1. The van der Waals surface area contributed by atoms with Crippen LogP contribution in [0.25, 0.3) is 0 Å². The van der Waals surface area contributed by atoms with E-state index in [1.165, 1.54) is 6.92 Å². The predicted molar refractivity (Wildman–Crippen MR) is 74.1 cm³/mol. The van der Waals surface area contributed by atoms with Gasteiger partial charge in [-0.2, -0.15) is 4.31 Å². The molecule has 1 aliphatic heterocycles. The first-order valence-corrected chi connectivity index (χ1v) is 9.38. The maximum atomic E-state index is 12.4. The molecule has 0 bridgehead atoms. The molecule has 1 N–H and O–H groups in total. The van der Waals surface area contributed by atoms with Crippen molar-refractivity contribution in [2.45, 2.75) is 17.9 Å². The zero-order valence-corrected chi connectivity index (χ0v) is 12.9. The van der Waals surface area contributed by atoms with Gasteiger partial charge in [0.1, 0.15) is 5.02 Å². The van der Waals surface area contributed by atoms with Crippen molar-refractivity contribution in [2.75, 3.05) is 18.1 Å². The van der Waals surface area contributed by atoms with E-state index in [-0.39, 0.29) is 28.0 Å². The Morgan fingerprint density at radius 3 is 2.65 bits per heavy atom. The number of pyridine rings is 1. The lowest BCUT2D eigenvalue weighted by Gasteiger charge is -2.31. The van der Waals surface area contributed by atoms with Crippen LogP contribution in [0.1, 0.15) is 6.92 Å². The number of hydrogen-bond donors (Lipinski definition) is 1. The number of nitrogens with one attached hydrogen (secondary N) is 1. The number of H-pyrrole nitrogens is 1. The van der Waals surface area contributed by atoms with Crippen LogP contribution < -0.4 is 5.56 Å². The Labute approximate surface area is 121 Å². The molecule has 1 unspecified atom stereocenters. The normalized spacial score (nSPS) is 23.6. The maximum Gasteiger partial charge on any atom is 0.266 e. The van der Waals surface area contributed by atoms with Gasteiger partial charge in [-0.25, -0.2) is 16.8 Å². The highest BCUT2D eigenvalue weighted by atomic mass is 35.5. The molecule has 1 aromatic heterocycles. The van der Waals surface area contributed by atoms with Gasteiger partial charge in [-0.3, -0.25) is 4.79 Å². The molecule has 1 aromatic rings. The number of hydrogen-bond acceptors (Lipinski definition) is 5. The quantitative estimate of drug-likeness (QED) is 0.805. The van der Waals surface area contributed by atoms with E-state index < -0.39 is 31.5 Å². The minimum absolute atomic E-state index is 0.109. The van der Waals surface area contributed by atoms with Gasteiger partial charge in [0.2, 0.25) is 10.0 Å². The molecule has 2 rings (SSSR count). The van der Waals surface area contributed by atoms with Gasteiger partial charge in [0.15, 0.2) is 9.84 Å². The average Bonchev–Trinajstić information content (AvgIpc) is 2.30. The zero-order valence-electron chi connectivity index (χ0n) is 10.5. The number of sulfonamides is 1. The van der Waals surface area contributed by atoms with Crippen molar-refractivity contribution in [3.63, 3.8) is 0 Å². The lowest BCUT2D eigenvalue weighted by atomic mass is 10.4. The largest absolute Gasteiger partial charge is 0.326 e. The number of halogens is 1. The van der Waals surface area contributed by atoms with Crippen molar-refractivity contribution in [1.29, 1.82) is 0 Å². The Bertz CT molecular complexity index is 784. The maximum absolute atomic E-state index is 12.4. The number of aromatic amines is 1. The molecular weight excluding hydrogens is 328 g/mol. The van der Waals surface area contributed by atoms with Crippen LogP contribution in [0.3, 0.4) is 0 Å². The summed E-state index contributed by atoms with van der Waals surface area (Å²) in [6.45, 7) is 1.42. The Kier molecular flexibility index (Phi) is 3.98. The van der Waals surface area contributed by atoms with E-state index in [0.29, 0.717) is 0 Å². The number of nitrogens with zero attached hydrogens (tertiary/aromatic N) is 1. The van der Waals surface area contributed by atoms with Crippen LogP contribution in [0.5, 0.6) is 0 Å². The second-order valence-electron chi connectivity index (χ2n) is 4.59. The van der Waals surface area contributed by atoms with Gasteiger partial charge < -0.3 is 4.98 Å². The summed E-state index contributed by atoms with van der Waals surface area (Å²) in [4.78, 5) is 13.2. The highest BCUT2D eigenvalue weighted by molar-refractivity contribution is 7.92. The van der Waals surface area contributed by atoms with E-state index in [1.807, 2.05) is 0 Å². The molecule has 1 saturated heterocycles. The molecule has 0 aliphatic carbocycles. The highest BCUT2D eigenvalue weighted by Crippen LogP contribution is 2.22. The zero-order chi connectivity index (χ0) is 15.1. The minimum atomic E-state index is -3.89. The van der Waals surface area contributed by atoms with Gasteiger partial charge in [0, 0.05) is 18.8 Å². The highest BCUT2D eigenvalue weighted by Gasteiger charge is 2.36. The van der Waals surface area contributed by atoms with E-state index in [4.69, 9.17) is 11.6 Å². The second kappa shape index (κ2) is 5.14. The van der Waals surface area contributed by atoms with Crippen LogP contribution in [0.4, 0.5) is 0 Å². The Balaban J connectivity index is 2.40. The molecule has 0 aromatic carbocycles. The molecule has 1 fully saturated rings. The number of aromatic nitrogens is 1. The summed E-state index contributed by atoms with van der Waals surface area (Å²) >= 11 is 5.62. The Morgan fingerprint density at radius 1 is 1.45 bits per heavy atom. The van der Waals surface area contributed by atoms with E-state index in [0.717, 1.165) is 16.6 Å². The molecule has 1 atom stereocenters. The van der Waals surface area contributed by atoms with Crippen LogP contribution >= 0.6 is 11.6 Å². The van der Waals surface area contributed by atoms with Crippen molar-refractivity contribution in [1.82, 2.24) is 9.29 Å². The van der Waals surface area contributed by atoms with Crippen molar-refractivity contribution in [3.05, 3.63) is 27.6 Å². The molecule has 0 radical (unpaired) electrons. The Hall–Kier alpha value is -0.900. The molecule has 1 aliphatic rings. The Morgan fingerprint density at radius 2 is 2.10 bits per heavy atom. The third-order valence-electron chi connectivity index (χ3n) is 3.05. The van der Waals surface area contributed by atoms with Crippen molar-refractivity contribution in [3.8, 4) is 0 Å². The first-order chi connectivity index (χ1) is 9.13. The summed E-state index contributed by atoms with van der Waals surface area (Å²) < 4.78 is 48.9. The molecule has 7 nitrogen and oxygen atoms in total. The van der Waals surface area contributed by atoms with Gasteiger partial charge >= 0.3 is 0 Å². The molecule has 0 spiro atoms. The average molecular weight is 341 g/mol. The fourth-order valence-corrected chi connectivity index (χ4v) is 5.69. The van der Waals surface area contributed by atoms with E-state index in [9.17, 15) is 21.6 Å². The van der Waals surface area contributed by atoms with Crippen LogP contribution in [0.2, 0.25) is 5.02 Å². The van der Waals surface area contributed by atoms with Gasteiger partial charge in [-0.15, -0.1) is 0 Å². The molecule has 2 heterocycles. The van der Waals surface area contributed by atoms with Crippen LogP contribution in [-0.2, 0) is 19.9 Å². The lowest BCUT2D eigenvalue weighted by Crippen LogP contribution is -2.49. The van der Waals surface area contributed by atoms with Crippen molar-refractivity contribution in [2.24, 2.45) is 0 Å². The van der Waals surface area contributed by atoms with Crippen LogP contribution in [-0.4, -0.2) is 50.2 Å². The smallest absolute Gasteiger partial charge is 0.266 e. The first-order valence-electron chi connectivity index (χ1n) is 5.74. The topological polar surface area (TPSA) is 104 Å². The van der Waals surface area contributed by atoms with Gasteiger partial charge in [0.25, 0.3) is 5.56 Å². The summed E-state index contributed by atoms with van der Waals surface area (Å²) in [5.41, 5.74) is -0.583. The number of rotatable bonds is 2. The molecular formula is C10H13ClN2O5S2. The second-order valence-corrected chi connectivity index (χ2v) is 9.12. The fraction of sp³-hybridized carbons (Fsp3) is 0.500. The third kappa shape index (κ3) is 2.90. The molecule has 0 saturated carbocycles. The predicted octanol–water partition coefficient (Wildman–Crippen LogP) is -0.164. The lowest BCUT2D eigenvalue weighted by molar-refractivity contribution is 0.356. The van der Waals surface area contributed by atoms with Crippen molar-refractivity contribution < 1.29 is 16.8 Å². The monoisotopic (exact) mass is 340 g/mol. The van der Waals surface area contributed by atoms with E-state index in [2.05, 4.69) is 4.98 Å². The van der Waals surface area contributed by atoms with Crippen molar-refractivity contribution >= 4 is 31.5 Å². The summed E-state index contributed by atoms with van der Waals surface area (Å²) in [5, 5.41) is -0.233. The molecule has 20 heavy (non-hydrogen) atoms. The van der Waals surface area contributed by atoms with E-state index >= 15 is 0 Å². The van der Waals surface area contributed by atoms with Gasteiger partial charge in [0.05, 0.1) is 16.4 Å². The van der Waals surface area contributed by atoms with Crippen LogP contribution in [0.15, 0.2) is 22.0 Å². The third-order valence-corrected chi connectivity index (χ3v) is 7.11. The van der Waals surface area contributed by atoms with Gasteiger partial charge in [-0.05, 0) is 13.0 Å². The number of sulfone groups is 1. The molecule has 0 amide bonds.